The molecule has 0 aliphatic heterocycles. The van der Waals surface area contributed by atoms with Gasteiger partial charge in [0.25, 0.3) is 0 Å². The summed E-state index contributed by atoms with van der Waals surface area (Å²) >= 11 is 4.96. The largest absolute Gasteiger partial charge is 0.294 e. The van der Waals surface area contributed by atoms with E-state index in [9.17, 15) is 4.79 Å². The van der Waals surface area contributed by atoms with Crippen molar-refractivity contribution in [1.29, 1.82) is 0 Å². The molecular formula is C8H9BrOS. The number of rotatable bonds is 2. The molecule has 11 heavy (non-hydrogen) atoms. The van der Waals surface area contributed by atoms with E-state index < -0.39 is 0 Å². The maximum absolute atomic E-state index is 11.2. The Morgan fingerprint density at radius 2 is 2.36 bits per heavy atom. The standard InChI is InChI=1S/C8H9BrOS/c1-3-7(10)6-4-5(2)11-8(6)9/h4H,3H2,1-2H3. The fourth-order valence-corrected chi connectivity index (χ4v) is 2.71. The summed E-state index contributed by atoms with van der Waals surface area (Å²) in [6, 6.07) is 1.93. The van der Waals surface area contributed by atoms with Crippen LogP contribution in [0.25, 0.3) is 0 Å². The van der Waals surface area contributed by atoms with Gasteiger partial charge in [0.15, 0.2) is 5.78 Å². The molecule has 0 amide bonds. The molecule has 0 saturated carbocycles. The highest BCUT2D eigenvalue weighted by molar-refractivity contribution is 9.11. The summed E-state index contributed by atoms with van der Waals surface area (Å²) in [5.74, 6) is 0.209. The number of Topliss-reactive ketones (excluding diaryl/α,β-unsaturated/α-hetero) is 1. The topological polar surface area (TPSA) is 17.1 Å². The Morgan fingerprint density at radius 3 is 2.73 bits per heavy atom. The van der Waals surface area contributed by atoms with Crippen LogP contribution in [0.15, 0.2) is 9.85 Å². The van der Waals surface area contributed by atoms with Crippen LogP contribution in [-0.4, -0.2) is 5.78 Å². The minimum atomic E-state index is 0.209. The summed E-state index contributed by atoms with van der Waals surface area (Å²) in [5, 5.41) is 0. The Bertz CT molecular complexity index is 278. The Morgan fingerprint density at radius 1 is 1.73 bits per heavy atom. The van der Waals surface area contributed by atoms with E-state index in [1.807, 2.05) is 19.9 Å². The first kappa shape index (κ1) is 8.94. The van der Waals surface area contributed by atoms with Crippen molar-refractivity contribution < 1.29 is 4.79 Å². The molecule has 1 aromatic heterocycles. The summed E-state index contributed by atoms with van der Waals surface area (Å²) in [5.41, 5.74) is 0.829. The first-order valence-electron chi connectivity index (χ1n) is 3.44. The van der Waals surface area contributed by atoms with Gasteiger partial charge in [-0.25, -0.2) is 0 Å². The predicted molar refractivity (Wildman–Crippen MR) is 51.4 cm³/mol. The van der Waals surface area contributed by atoms with Crippen molar-refractivity contribution in [2.24, 2.45) is 0 Å². The highest BCUT2D eigenvalue weighted by Gasteiger charge is 2.10. The average Bonchev–Trinajstić information content (AvgIpc) is 2.28. The van der Waals surface area contributed by atoms with Crippen molar-refractivity contribution in [1.82, 2.24) is 0 Å². The van der Waals surface area contributed by atoms with Gasteiger partial charge in [0, 0.05) is 16.9 Å². The van der Waals surface area contributed by atoms with Crippen LogP contribution in [0.4, 0.5) is 0 Å². The SMILES string of the molecule is CCC(=O)c1cc(C)sc1Br. The number of aryl methyl sites for hydroxylation is 1. The van der Waals surface area contributed by atoms with E-state index in [1.165, 1.54) is 4.88 Å². The summed E-state index contributed by atoms with van der Waals surface area (Å²) < 4.78 is 0.960. The van der Waals surface area contributed by atoms with Gasteiger partial charge in [-0.1, -0.05) is 6.92 Å². The van der Waals surface area contributed by atoms with Crippen LogP contribution in [0.5, 0.6) is 0 Å². The van der Waals surface area contributed by atoms with E-state index in [1.54, 1.807) is 11.3 Å². The van der Waals surface area contributed by atoms with Gasteiger partial charge in [-0.05, 0) is 28.9 Å². The Hall–Kier alpha value is -0.150. The number of ketones is 1. The van der Waals surface area contributed by atoms with E-state index >= 15 is 0 Å². The maximum atomic E-state index is 11.2. The quantitative estimate of drug-likeness (QED) is 0.715. The van der Waals surface area contributed by atoms with Crippen LogP contribution >= 0.6 is 27.3 Å². The number of thiophene rings is 1. The van der Waals surface area contributed by atoms with Crippen molar-refractivity contribution in [3.63, 3.8) is 0 Å². The van der Waals surface area contributed by atoms with Crippen LogP contribution in [0, 0.1) is 6.92 Å². The van der Waals surface area contributed by atoms with Gasteiger partial charge in [0.2, 0.25) is 0 Å². The average molecular weight is 233 g/mol. The smallest absolute Gasteiger partial charge is 0.164 e. The van der Waals surface area contributed by atoms with Gasteiger partial charge >= 0.3 is 0 Å². The Balaban J connectivity index is 3.03. The second-order valence-electron chi connectivity index (χ2n) is 2.32. The van der Waals surface area contributed by atoms with Crippen molar-refractivity contribution in [3.8, 4) is 0 Å². The van der Waals surface area contributed by atoms with E-state index in [0.717, 1.165) is 9.35 Å². The third-order valence-corrected chi connectivity index (χ3v) is 3.18. The summed E-state index contributed by atoms with van der Waals surface area (Å²) in [7, 11) is 0. The molecule has 0 fully saturated rings. The van der Waals surface area contributed by atoms with Gasteiger partial charge < -0.3 is 0 Å². The van der Waals surface area contributed by atoms with E-state index in [0.29, 0.717) is 6.42 Å². The molecule has 1 aromatic rings. The molecule has 0 aromatic carbocycles. The van der Waals surface area contributed by atoms with Crippen LogP contribution in [0.3, 0.4) is 0 Å². The van der Waals surface area contributed by atoms with Crippen molar-refractivity contribution in [2.75, 3.05) is 0 Å². The molecular weight excluding hydrogens is 224 g/mol. The number of hydrogen-bond acceptors (Lipinski definition) is 2. The molecule has 0 saturated heterocycles. The van der Waals surface area contributed by atoms with Crippen molar-refractivity contribution in [2.45, 2.75) is 20.3 Å². The normalized spacial score (nSPS) is 10.1. The highest BCUT2D eigenvalue weighted by Crippen LogP contribution is 2.28. The first-order chi connectivity index (χ1) is 5.15. The van der Waals surface area contributed by atoms with Crippen LogP contribution in [-0.2, 0) is 0 Å². The molecule has 1 heterocycles. The fourth-order valence-electron chi connectivity index (χ4n) is 0.866. The minimum absolute atomic E-state index is 0.209. The predicted octanol–water partition coefficient (Wildman–Crippen LogP) is 3.41. The van der Waals surface area contributed by atoms with Crippen molar-refractivity contribution in [3.05, 3.63) is 20.3 Å². The lowest BCUT2D eigenvalue weighted by atomic mass is 10.2. The highest BCUT2D eigenvalue weighted by atomic mass is 79.9. The van der Waals surface area contributed by atoms with Gasteiger partial charge in [-0.3, -0.25) is 4.79 Å². The molecule has 0 aliphatic rings. The van der Waals surface area contributed by atoms with E-state index in [-0.39, 0.29) is 5.78 Å². The zero-order chi connectivity index (χ0) is 8.43. The fraction of sp³-hybridized carbons (Fsp3) is 0.375. The van der Waals surface area contributed by atoms with Gasteiger partial charge in [0.05, 0.1) is 3.79 Å². The van der Waals surface area contributed by atoms with E-state index in [2.05, 4.69) is 15.9 Å². The molecule has 0 N–H and O–H groups in total. The Kier molecular flexibility index (Phi) is 2.84. The number of carbonyl (C=O) groups is 1. The zero-order valence-electron chi connectivity index (χ0n) is 6.48. The zero-order valence-corrected chi connectivity index (χ0v) is 8.88. The maximum Gasteiger partial charge on any atom is 0.164 e. The van der Waals surface area contributed by atoms with Crippen LogP contribution < -0.4 is 0 Å². The van der Waals surface area contributed by atoms with E-state index in [4.69, 9.17) is 0 Å². The number of hydrogen-bond donors (Lipinski definition) is 0. The second kappa shape index (κ2) is 3.50. The van der Waals surface area contributed by atoms with Gasteiger partial charge in [-0.15, -0.1) is 11.3 Å². The van der Waals surface area contributed by atoms with Gasteiger partial charge in [-0.2, -0.15) is 0 Å². The first-order valence-corrected chi connectivity index (χ1v) is 5.05. The third kappa shape index (κ3) is 1.91. The third-order valence-electron chi connectivity index (χ3n) is 1.43. The molecule has 0 radical (unpaired) electrons. The molecule has 0 spiro atoms. The summed E-state index contributed by atoms with van der Waals surface area (Å²) in [6.45, 7) is 3.88. The Labute approximate surface area is 78.6 Å². The molecule has 60 valence electrons. The van der Waals surface area contributed by atoms with Crippen LogP contribution in [0.2, 0.25) is 0 Å². The lowest BCUT2D eigenvalue weighted by Crippen LogP contribution is -1.93. The number of carbonyl (C=O) groups excluding carboxylic acids is 1. The minimum Gasteiger partial charge on any atom is -0.294 e. The molecule has 0 aliphatic carbocycles. The lowest BCUT2D eigenvalue weighted by Gasteiger charge is -1.91. The van der Waals surface area contributed by atoms with Gasteiger partial charge in [0.1, 0.15) is 0 Å². The lowest BCUT2D eigenvalue weighted by molar-refractivity contribution is 0.0988. The van der Waals surface area contributed by atoms with Crippen LogP contribution in [0.1, 0.15) is 28.6 Å². The molecule has 0 unspecified atom stereocenters. The molecule has 1 nitrogen and oxygen atoms in total. The number of halogens is 1. The monoisotopic (exact) mass is 232 g/mol. The summed E-state index contributed by atoms with van der Waals surface area (Å²) in [6.07, 6.45) is 0.578. The molecule has 1 rings (SSSR count). The molecule has 0 bridgehead atoms. The molecule has 0 atom stereocenters. The molecule has 3 heteroatoms. The second-order valence-corrected chi connectivity index (χ2v) is 4.90. The summed E-state index contributed by atoms with van der Waals surface area (Å²) in [4.78, 5) is 12.4. The van der Waals surface area contributed by atoms with Crippen molar-refractivity contribution >= 4 is 33.0 Å².